The molecule has 1 unspecified atom stereocenters. The predicted molar refractivity (Wildman–Crippen MR) is 69.0 cm³/mol. The fourth-order valence-corrected chi connectivity index (χ4v) is 2.37. The van der Waals surface area contributed by atoms with Crippen LogP contribution < -0.4 is 0 Å². The number of carbonyl (C=O) groups is 1. The molecule has 2 aromatic rings. The molecular weight excluding hydrogens is 224 g/mol. The number of fused-ring (bicyclic) bond motifs is 1. The van der Waals surface area contributed by atoms with Crippen LogP contribution in [0, 0.1) is 0 Å². The minimum Gasteiger partial charge on any atom is -0.326 e. The van der Waals surface area contributed by atoms with Gasteiger partial charge in [0.2, 0.25) is 0 Å². The zero-order valence-electron chi connectivity index (χ0n) is 10.2. The van der Waals surface area contributed by atoms with E-state index in [1.807, 2.05) is 47.4 Å². The summed E-state index contributed by atoms with van der Waals surface area (Å²) in [4.78, 5) is 18.4. The molecule has 0 bridgehead atoms. The maximum Gasteiger partial charge on any atom is 0.256 e. The van der Waals surface area contributed by atoms with E-state index >= 15 is 0 Å². The van der Waals surface area contributed by atoms with Crippen molar-refractivity contribution >= 4 is 5.91 Å². The standard InChI is InChI=1S/C15H14N2O/c1-11(12-6-3-2-4-7-12)17-10-14-13(15(17)18)8-5-9-16-14/h2-9,11H,10H2,1H3. The molecule has 1 aliphatic heterocycles. The van der Waals surface area contributed by atoms with Gasteiger partial charge in [-0.1, -0.05) is 30.3 Å². The molecule has 3 heteroatoms. The molecule has 1 atom stereocenters. The fraction of sp³-hybridized carbons (Fsp3) is 0.200. The lowest BCUT2D eigenvalue weighted by Gasteiger charge is -2.24. The third kappa shape index (κ3) is 1.68. The first-order valence-corrected chi connectivity index (χ1v) is 6.07. The summed E-state index contributed by atoms with van der Waals surface area (Å²) in [6.07, 6.45) is 1.74. The normalized spacial score (nSPS) is 15.6. The number of hydrogen-bond donors (Lipinski definition) is 0. The lowest BCUT2D eigenvalue weighted by atomic mass is 10.1. The van der Waals surface area contributed by atoms with Crippen molar-refractivity contribution in [2.75, 3.05) is 0 Å². The second kappa shape index (κ2) is 4.26. The zero-order valence-corrected chi connectivity index (χ0v) is 10.2. The lowest BCUT2D eigenvalue weighted by Crippen LogP contribution is -2.27. The first-order valence-electron chi connectivity index (χ1n) is 6.07. The van der Waals surface area contributed by atoms with E-state index < -0.39 is 0 Å². The van der Waals surface area contributed by atoms with Gasteiger partial charge in [-0.15, -0.1) is 0 Å². The fourth-order valence-electron chi connectivity index (χ4n) is 2.37. The topological polar surface area (TPSA) is 33.2 Å². The highest BCUT2D eigenvalue weighted by Gasteiger charge is 2.31. The van der Waals surface area contributed by atoms with E-state index in [4.69, 9.17) is 0 Å². The SMILES string of the molecule is CC(c1ccccc1)N1Cc2ncccc2C1=O. The summed E-state index contributed by atoms with van der Waals surface area (Å²) in [5.41, 5.74) is 2.77. The number of benzene rings is 1. The smallest absolute Gasteiger partial charge is 0.256 e. The minimum absolute atomic E-state index is 0.0768. The molecule has 1 aromatic heterocycles. The van der Waals surface area contributed by atoms with E-state index in [0.29, 0.717) is 6.54 Å². The first kappa shape index (κ1) is 11.0. The zero-order chi connectivity index (χ0) is 12.5. The Morgan fingerprint density at radius 3 is 2.67 bits per heavy atom. The molecule has 0 N–H and O–H groups in total. The Morgan fingerprint density at radius 2 is 1.94 bits per heavy atom. The van der Waals surface area contributed by atoms with Gasteiger partial charge >= 0.3 is 0 Å². The largest absolute Gasteiger partial charge is 0.326 e. The van der Waals surface area contributed by atoms with Gasteiger partial charge in [0.25, 0.3) is 5.91 Å². The van der Waals surface area contributed by atoms with Crippen LogP contribution in [0.15, 0.2) is 48.7 Å². The van der Waals surface area contributed by atoms with E-state index in [9.17, 15) is 4.79 Å². The van der Waals surface area contributed by atoms with Crippen molar-refractivity contribution in [2.24, 2.45) is 0 Å². The summed E-state index contributed by atoms with van der Waals surface area (Å²) < 4.78 is 0. The number of pyridine rings is 1. The Hall–Kier alpha value is -2.16. The third-order valence-electron chi connectivity index (χ3n) is 3.45. The molecule has 0 fully saturated rings. The molecule has 1 amide bonds. The molecule has 1 aromatic carbocycles. The first-order chi connectivity index (χ1) is 8.77. The molecule has 0 saturated carbocycles. The van der Waals surface area contributed by atoms with Crippen LogP contribution in [0.5, 0.6) is 0 Å². The van der Waals surface area contributed by atoms with E-state index in [1.54, 1.807) is 6.20 Å². The van der Waals surface area contributed by atoms with Crippen molar-refractivity contribution < 1.29 is 4.79 Å². The van der Waals surface area contributed by atoms with Crippen molar-refractivity contribution in [1.82, 2.24) is 9.88 Å². The Balaban J connectivity index is 1.91. The van der Waals surface area contributed by atoms with Crippen LogP contribution in [0.3, 0.4) is 0 Å². The van der Waals surface area contributed by atoms with Gasteiger partial charge in [-0.3, -0.25) is 9.78 Å². The molecular formula is C15H14N2O. The molecule has 18 heavy (non-hydrogen) atoms. The number of hydrogen-bond acceptors (Lipinski definition) is 2. The van der Waals surface area contributed by atoms with E-state index in [1.165, 1.54) is 0 Å². The molecule has 0 radical (unpaired) electrons. The van der Waals surface area contributed by atoms with E-state index in [-0.39, 0.29) is 11.9 Å². The van der Waals surface area contributed by atoms with Gasteiger partial charge in [-0.2, -0.15) is 0 Å². The monoisotopic (exact) mass is 238 g/mol. The summed E-state index contributed by atoms with van der Waals surface area (Å²) in [5, 5.41) is 0. The lowest BCUT2D eigenvalue weighted by molar-refractivity contribution is 0.0715. The molecule has 2 heterocycles. The third-order valence-corrected chi connectivity index (χ3v) is 3.45. The Morgan fingerprint density at radius 1 is 1.17 bits per heavy atom. The van der Waals surface area contributed by atoms with Gasteiger partial charge < -0.3 is 4.90 Å². The maximum absolute atomic E-state index is 12.3. The molecule has 90 valence electrons. The van der Waals surface area contributed by atoms with Crippen molar-refractivity contribution in [3.05, 3.63) is 65.5 Å². The van der Waals surface area contributed by atoms with Crippen LogP contribution in [0.2, 0.25) is 0 Å². The number of carbonyl (C=O) groups excluding carboxylic acids is 1. The average molecular weight is 238 g/mol. The van der Waals surface area contributed by atoms with Gasteiger partial charge in [0, 0.05) is 6.20 Å². The van der Waals surface area contributed by atoms with Crippen LogP contribution in [-0.2, 0) is 6.54 Å². The summed E-state index contributed by atoms with van der Waals surface area (Å²) in [6.45, 7) is 2.66. The van der Waals surface area contributed by atoms with Gasteiger partial charge in [-0.25, -0.2) is 0 Å². The quantitative estimate of drug-likeness (QED) is 0.806. The van der Waals surface area contributed by atoms with Gasteiger partial charge in [-0.05, 0) is 24.6 Å². The van der Waals surface area contributed by atoms with E-state index in [2.05, 4.69) is 11.9 Å². The molecule has 0 aliphatic carbocycles. The summed E-state index contributed by atoms with van der Waals surface area (Å²) in [5.74, 6) is 0.0782. The predicted octanol–water partition coefficient (Wildman–Crippen LogP) is 2.80. The van der Waals surface area contributed by atoms with Gasteiger partial charge in [0.15, 0.2) is 0 Å². The highest BCUT2D eigenvalue weighted by atomic mass is 16.2. The maximum atomic E-state index is 12.3. The van der Waals surface area contributed by atoms with Crippen LogP contribution in [0.25, 0.3) is 0 Å². The summed E-state index contributed by atoms with van der Waals surface area (Å²) in [7, 11) is 0. The molecule has 3 rings (SSSR count). The number of aromatic nitrogens is 1. The number of amides is 1. The molecule has 0 saturated heterocycles. The molecule has 1 aliphatic rings. The minimum atomic E-state index is 0.0768. The second-order valence-corrected chi connectivity index (χ2v) is 4.52. The Bertz CT molecular complexity index is 580. The molecule has 0 spiro atoms. The van der Waals surface area contributed by atoms with Crippen molar-refractivity contribution in [3.63, 3.8) is 0 Å². The average Bonchev–Trinajstić information content (AvgIpc) is 2.77. The highest BCUT2D eigenvalue weighted by molar-refractivity contribution is 5.97. The van der Waals surface area contributed by atoms with Crippen molar-refractivity contribution in [2.45, 2.75) is 19.5 Å². The highest BCUT2D eigenvalue weighted by Crippen LogP contribution is 2.29. The number of nitrogens with zero attached hydrogens (tertiary/aromatic N) is 2. The van der Waals surface area contributed by atoms with Crippen LogP contribution >= 0.6 is 0 Å². The van der Waals surface area contributed by atoms with Crippen LogP contribution in [0.1, 0.15) is 34.6 Å². The van der Waals surface area contributed by atoms with E-state index in [0.717, 1.165) is 16.8 Å². The molecule has 3 nitrogen and oxygen atoms in total. The van der Waals surface area contributed by atoms with Gasteiger partial charge in [0.1, 0.15) is 0 Å². The van der Waals surface area contributed by atoms with Crippen LogP contribution in [0.4, 0.5) is 0 Å². The number of rotatable bonds is 2. The summed E-state index contributed by atoms with van der Waals surface area (Å²) >= 11 is 0. The van der Waals surface area contributed by atoms with Crippen LogP contribution in [-0.4, -0.2) is 15.8 Å². The summed E-state index contributed by atoms with van der Waals surface area (Å²) in [6, 6.07) is 13.8. The van der Waals surface area contributed by atoms with Gasteiger partial charge in [0.05, 0.1) is 23.8 Å². The van der Waals surface area contributed by atoms with Crippen molar-refractivity contribution in [3.8, 4) is 0 Å². The van der Waals surface area contributed by atoms with Crippen molar-refractivity contribution in [1.29, 1.82) is 0 Å². The Labute approximate surface area is 106 Å². The second-order valence-electron chi connectivity index (χ2n) is 4.52. The Kier molecular flexibility index (Phi) is 2.59.